The fraction of sp³-hybridized carbons (Fsp3) is 0.0351. The van der Waals surface area contributed by atoms with E-state index >= 15 is 0 Å². The van der Waals surface area contributed by atoms with E-state index in [1.807, 2.05) is 6.07 Å². The standard InChI is InChI=1S/C57H39N5O/c1-5-18-36(19-6-1)55-58-56(37-20-7-2-8-21-37)60-57(59-55)39-23-17-22-38(34-39)45-35-48-52(54-50(45)43-29-14-16-31-49(43)63-54)44-32-33-47-51(53(44)62(48)41-26-11-4-12-27-41)42-28-13-15-30-46(42)61(47)40-24-9-3-10-25-40/h1-35,55-56,58H,(H,59,60). The Hall–Kier alpha value is -8.19. The highest BCUT2D eigenvalue weighted by molar-refractivity contribution is 6.32. The molecule has 0 saturated carbocycles. The van der Waals surface area contributed by atoms with Gasteiger partial charge in [-0.3, -0.25) is 5.32 Å². The average Bonchev–Trinajstić information content (AvgIpc) is 4.03. The van der Waals surface area contributed by atoms with Crippen LogP contribution in [-0.4, -0.2) is 15.0 Å². The zero-order valence-corrected chi connectivity index (χ0v) is 34.1. The summed E-state index contributed by atoms with van der Waals surface area (Å²) in [5, 5.41) is 14.3. The molecule has 0 fully saturated rings. The highest BCUT2D eigenvalue weighted by Gasteiger charge is 2.28. The lowest BCUT2D eigenvalue weighted by Gasteiger charge is -2.32. The number of hydrogen-bond acceptors (Lipinski definition) is 4. The zero-order chi connectivity index (χ0) is 41.4. The Labute approximate surface area is 363 Å². The van der Waals surface area contributed by atoms with Crippen molar-refractivity contribution in [3.63, 3.8) is 0 Å². The molecule has 6 heteroatoms. The van der Waals surface area contributed by atoms with Crippen LogP contribution in [0.4, 0.5) is 0 Å². The van der Waals surface area contributed by atoms with Crippen LogP contribution in [-0.2, 0) is 0 Å². The molecular weight excluding hydrogens is 771 g/mol. The molecule has 0 spiro atoms. The summed E-state index contributed by atoms with van der Waals surface area (Å²) in [6.07, 6.45) is -0.372. The molecule has 6 nitrogen and oxygen atoms in total. The largest absolute Gasteiger partial charge is 0.455 e. The molecule has 4 heterocycles. The second-order valence-corrected chi connectivity index (χ2v) is 16.4. The van der Waals surface area contributed by atoms with Gasteiger partial charge in [0.2, 0.25) is 0 Å². The van der Waals surface area contributed by atoms with Gasteiger partial charge in [0, 0.05) is 43.9 Å². The number of furan rings is 1. The van der Waals surface area contributed by atoms with E-state index in [1.165, 1.54) is 16.3 Å². The summed E-state index contributed by atoms with van der Waals surface area (Å²) in [4.78, 5) is 5.32. The number of benzene rings is 9. The van der Waals surface area contributed by atoms with E-state index in [2.05, 4.69) is 226 Å². The number of para-hydroxylation sites is 4. The van der Waals surface area contributed by atoms with Crippen molar-refractivity contribution < 1.29 is 4.42 Å². The van der Waals surface area contributed by atoms with E-state index in [4.69, 9.17) is 9.41 Å². The first-order valence-corrected chi connectivity index (χ1v) is 21.5. The second-order valence-electron chi connectivity index (χ2n) is 16.4. The van der Waals surface area contributed by atoms with Crippen molar-refractivity contribution in [1.82, 2.24) is 19.8 Å². The number of aromatic nitrogens is 2. The van der Waals surface area contributed by atoms with Gasteiger partial charge in [-0.05, 0) is 82.9 Å². The summed E-state index contributed by atoms with van der Waals surface area (Å²) in [6.45, 7) is 0. The lowest BCUT2D eigenvalue weighted by Crippen LogP contribution is -2.44. The van der Waals surface area contributed by atoms with Gasteiger partial charge in [-0.1, -0.05) is 152 Å². The molecule has 2 atom stereocenters. The molecular formula is C57H39N5O. The zero-order valence-electron chi connectivity index (χ0n) is 34.1. The summed E-state index contributed by atoms with van der Waals surface area (Å²) >= 11 is 0. The maximum atomic E-state index is 7.07. The van der Waals surface area contributed by atoms with Crippen LogP contribution in [0.5, 0.6) is 0 Å². The third kappa shape index (κ3) is 5.59. The predicted molar refractivity (Wildman–Crippen MR) is 259 cm³/mol. The monoisotopic (exact) mass is 809 g/mol. The van der Waals surface area contributed by atoms with Crippen molar-refractivity contribution in [3.8, 4) is 22.5 Å². The molecule has 13 rings (SSSR count). The number of hydrogen-bond donors (Lipinski definition) is 2. The first-order chi connectivity index (χ1) is 31.3. The predicted octanol–water partition coefficient (Wildman–Crippen LogP) is 13.8. The van der Waals surface area contributed by atoms with Gasteiger partial charge < -0.3 is 18.9 Å². The molecule has 3 aromatic heterocycles. The van der Waals surface area contributed by atoms with Crippen molar-refractivity contribution in [2.24, 2.45) is 4.99 Å². The molecule has 63 heavy (non-hydrogen) atoms. The second kappa shape index (κ2) is 14.2. The Kier molecular flexibility index (Phi) is 8.01. The molecule has 298 valence electrons. The van der Waals surface area contributed by atoms with E-state index in [9.17, 15) is 0 Å². The van der Waals surface area contributed by atoms with Crippen LogP contribution in [0.3, 0.4) is 0 Å². The maximum absolute atomic E-state index is 7.07. The Morgan fingerprint density at radius 2 is 1.08 bits per heavy atom. The van der Waals surface area contributed by atoms with Crippen LogP contribution < -0.4 is 10.6 Å². The van der Waals surface area contributed by atoms with Gasteiger partial charge in [0.1, 0.15) is 29.3 Å². The van der Waals surface area contributed by atoms with Crippen molar-refractivity contribution in [3.05, 3.63) is 229 Å². The minimum atomic E-state index is -0.233. The van der Waals surface area contributed by atoms with Gasteiger partial charge in [-0.15, -0.1) is 0 Å². The number of nitrogens with one attached hydrogen (secondary N) is 2. The van der Waals surface area contributed by atoms with Crippen molar-refractivity contribution in [1.29, 1.82) is 0 Å². The smallest absolute Gasteiger partial charge is 0.146 e. The molecule has 0 amide bonds. The summed E-state index contributed by atoms with van der Waals surface area (Å²) in [5.41, 5.74) is 14.0. The minimum Gasteiger partial charge on any atom is -0.455 e. The first kappa shape index (κ1) is 35.6. The van der Waals surface area contributed by atoms with E-state index < -0.39 is 0 Å². The topological polar surface area (TPSA) is 59.4 Å². The van der Waals surface area contributed by atoms with Crippen LogP contribution in [0, 0.1) is 0 Å². The van der Waals surface area contributed by atoms with E-state index in [-0.39, 0.29) is 12.3 Å². The number of rotatable bonds is 6. The molecule has 0 bridgehead atoms. The summed E-state index contributed by atoms with van der Waals surface area (Å²) < 4.78 is 11.9. The number of fused-ring (bicyclic) bond motifs is 11. The molecule has 2 unspecified atom stereocenters. The Morgan fingerprint density at radius 3 is 1.84 bits per heavy atom. The van der Waals surface area contributed by atoms with Gasteiger partial charge in [0.05, 0.1) is 27.5 Å². The normalized spacial score (nSPS) is 15.5. The molecule has 1 aliphatic rings. The van der Waals surface area contributed by atoms with Crippen LogP contribution in [0.2, 0.25) is 0 Å². The SMILES string of the molecule is c1ccc(C2N=C(c3cccc(-c4cc5c(c6ccc7c(c8ccccc8n7-c7ccccc7)c6n5-c5ccccc5)c5oc6ccccc6c45)c3)NC(c3ccccc3)N2)cc1. The highest BCUT2D eigenvalue weighted by atomic mass is 16.3. The van der Waals surface area contributed by atoms with Crippen molar-refractivity contribution in [2.45, 2.75) is 12.3 Å². The van der Waals surface area contributed by atoms with Gasteiger partial charge in [-0.2, -0.15) is 0 Å². The third-order valence-corrected chi connectivity index (χ3v) is 12.8. The highest BCUT2D eigenvalue weighted by Crippen LogP contribution is 2.48. The molecule has 0 radical (unpaired) electrons. The molecule has 1 aliphatic heterocycles. The lowest BCUT2D eigenvalue weighted by atomic mass is 9.95. The first-order valence-electron chi connectivity index (χ1n) is 21.5. The van der Waals surface area contributed by atoms with Crippen LogP contribution in [0.1, 0.15) is 29.0 Å². The van der Waals surface area contributed by atoms with E-state index in [1.54, 1.807) is 0 Å². The summed E-state index contributed by atoms with van der Waals surface area (Å²) in [7, 11) is 0. The fourth-order valence-corrected chi connectivity index (χ4v) is 10.0. The van der Waals surface area contributed by atoms with Gasteiger partial charge in [0.15, 0.2) is 0 Å². The third-order valence-electron chi connectivity index (χ3n) is 12.8. The van der Waals surface area contributed by atoms with Gasteiger partial charge >= 0.3 is 0 Å². The Bertz CT molecular complexity index is 3740. The fourth-order valence-electron chi connectivity index (χ4n) is 10.0. The average molecular weight is 810 g/mol. The molecule has 2 N–H and O–H groups in total. The van der Waals surface area contributed by atoms with E-state index in [0.29, 0.717) is 0 Å². The molecule has 0 aliphatic carbocycles. The summed E-state index contributed by atoms with van der Waals surface area (Å²) in [5.74, 6) is 0.836. The van der Waals surface area contributed by atoms with Crippen LogP contribution in [0.25, 0.3) is 88.1 Å². The quantitative estimate of drug-likeness (QED) is 0.176. The number of nitrogens with zero attached hydrogens (tertiary/aromatic N) is 3. The molecule has 9 aromatic carbocycles. The van der Waals surface area contributed by atoms with Gasteiger partial charge in [0.25, 0.3) is 0 Å². The minimum absolute atomic E-state index is 0.139. The lowest BCUT2D eigenvalue weighted by molar-refractivity contribution is 0.409. The van der Waals surface area contributed by atoms with Gasteiger partial charge in [-0.25, -0.2) is 4.99 Å². The van der Waals surface area contributed by atoms with E-state index in [0.717, 1.165) is 94.3 Å². The number of amidine groups is 1. The Morgan fingerprint density at radius 1 is 0.444 bits per heavy atom. The van der Waals surface area contributed by atoms with Crippen molar-refractivity contribution >= 4 is 71.4 Å². The molecule has 0 saturated heterocycles. The summed E-state index contributed by atoms with van der Waals surface area (Å²) in [6, 6.07) is 75.5. The Balaban J connectivity index is 1.10. The van der Waals surface area contributed by atoms with Crippen LogP contribution >= 0.6 is 0 Å². The maximum Gasteiger partial charge on any atom is 0.146 e. The van der Waals surface area contributed by atoms with Crippen molar-refractivity contribution in [2.75, 3.05) is 0 Å². The molecule has 12 aromatic rings. The van der Waals surface area contributed by atoms with Crippen LogP contribution in [0.15, 0.2) is 222 Å². The number of aliphatic imine (C=N–C) groups is 1.